The van der Waals surface area contributed by atoms with Gasteiger partial charge in [0.15, 0.2) is 0 Å². The van der Waals surface area contributed by atoms with Gasteiger partial charge in [-0.3, -0.25) is 0 Å². The molecule has 1 nitrogen and oxygen atoms in total. The van der Waals surface area contributed by atoms with Gasteiger partial charge in [-0.05, 0) is 18.2 Å². The van der Waals surface area contributed by atoms with Crippen LogP contribution in [0.25, 0.3) is 4.85 Å². The van der Waals surface area contributed by atoms with Crippen LogP contribution in [0.3, 0.4) is 0 Å². The second-order valence-corrected chi connectivity index (χ2v) is 3.86. The van der Waals surface area contributed by atoms with Crippen molar-refractivity contribution < 1.29 is 0 Å². The van der Waals surface area contributed by atoms with Crippen LogP contribution in [0, 0.1) is 6.57 Å². The van der Waals surface area contributed by atoms with E-state index < -0.39 is 0 Å². The van der Waals surface area contributed by atoms with Crippen molar-refractivity contribution in [1.29, 1.82) is 0 Å². The molecule has 62 valence electrons. The Labute approximate surface area is 85.3 Å². The molecule has 1 aromatic carbocycles. The van der Waals surface area contributed by atoms with E-state index in [2.05, 4.69) is 20.8 Å². The van der Waals surface area contributed by atoms with E-state index in [1.165, 1.54) is 0 Å². The largest absolute Gasteiger partial charge is 0.309 e. The van der Waals surface area contributed by atoms with Crippen molar-refractivity contribution in [1.82, 2.24) is 0 Å². The predicted molar refractivity (Wildman–Crippen MR) is 54.2 cm³/mol. The van der Waals surface area contributed by atoms with E-state index in [0.717, 1.165) is 10.0 Å². The molecule has 0 radical (unpaired) electrons. The van der Waals surface area contributed by atoms with Crippen LogP contribution in [-0.2, 0) is 0 Å². The summed E-state index contributed by atoms with van der Waals surface area (Å²) < 4.78 is 0.917. The predicted octanol–water partition coefficient (Wildman–Crippen LogP) is 4.08. The van der Waals surface area contributed by atoms with Gasteiger partial charge in [0, 0.05) is 22.0 Å². The first kappa shape index (κ1) is 9.57. The van der Waals surface area contributed by atoms with Crippen LogP contribution in [-0.4, -0.2) is 0 Å². The number of hydrogen-bond acceptors (Lipinski definition) is 0. The van der Waals surface area contributed by atoms with Gasteiger partial charge in [0.25, 0.3) is 0 Å². The maximum Gasteiger partial charge on any atom is 0.246 e. The van der Waals surface area contributed by atoms with Gasteiger partial charge in [0.2, 0.25) is 6.04 Å². The van der Waals surface area contributed by atoms with E-state index >= 15 is 0 Å². The fourth-order valence-electron chi connectivity index (χ4n) is 0.891. The Balaban J connectivity index is 3.10. The van der Waals surface area contributed by atoms with Crippen molar-refractivity contribution in [2.75, 3.05) is 0 Å². The minimum absolute atomic E-state index is 0.125. The first-order chi connectivity index (χ1) is 5.63. The van der Waals surface area contributed by atoms with Crippen LogP contribution in [0.1, 0.15) is 18.5 Å². The molecule has 12 heavy (non-hydrogen) atoms. The minimum atomic E-state index is -0.125. The zero-order valence-corrected chi connectivity index (χ0v) is 8.85. The molecular weight excluding hydrogens is 237 g/mol. The fraction of sp³-hybridized carbons (Fsp3) is 0.222. The summed E-state index contributed by atoms with van der Waals surface area (Å²) in [5, 5.41) is 0.662. The molecule has 0 heterocycles. The quantitative estimate of drug-likeness (QED) is 0.656. The summed E-state index contributed by atoms with van der Waals surface area (Å²) in [5.41, 5.74) is 0.948. The summed E-state index contributed by atoms with van der Waals surface area (Å²) in [6.45, 7) is 8.71. The van der Waals surface area contributed by atoms with Crippen LogP contribution in [0.15, 0.2) is 22.7 Å². The van der Waals surface area contributed by atoms with Crippen LogP contribution in [0.4, 0.5) is 0 Å². The Morgan fingerprint density at radius 1 is 1.50 bits per heavy atom. The van der Waals surface area contributed by atoms with E-state index in [-0.39, 0.29) is 6.04 Å². The normalized spacial score (nSPS) is 12.2. The van der Waals surface area contributed by atoms with Crippen molar-refractivity contribution in [3.8, 4) is 0 Å². The molecule has 0 saturated heterocycles. The van der Waals surface area contributed by atoms with Crippen LogP contribution < -0.4 is 0 Å². The summed E-state index contributed by atoms with van der Waals surface area (Å²) in [6, 6.07) is 5.41. The molecule has 0 saturated carbocycles. The molecule has 0 amide bonds. The SMILES string of the molecule is [C-]#[N+]C(C)c1cc(Cl)cc(Br)c1. The lowest BCUT2D eigenvalue weighted by molar-refractivity contribution is 0.960. The monoisotopic (exact) mass is 243 g/mol. The van der Waals surface area contributed by atoms with Crippen LogP contribution in [0.5, 0.6) is 0 Å². The van der Waals surface area contributed by atoms with Crippen LogP contribution in [0.2, 0.25) is 5.02 Å². The second-order valence-electron chi connectivity index (χ2n) is 2.51. The van der Waals surface area contributed by atoms with Gasteiger partial charge in [0.1, 0.15) is 0 Å². The number of benzene rings is 1. The molecule has 0 fully saturated rings. The summed E-state index contributed by atoms with van der Waals surface area (Å²) in [4.78, 5) is 3.41. The minimum Gasteiger partial charge on any atom is -0.309 e. The Morgan fingerprint density at radius 3 is 2.67 bits per heavy atom. The topological polar surface area (TPSA) is 4.36 Å². The van der Waals surface area contributed by atoms with E-state index in [0.29, 0.717) is 5.02 Å². The van der Waals surface area contributed by atoms with Crippen molar-refractivity contribution in [2.24, 2.45) is 0 Å². The third kappa shape index (κ3) is 2.23. The highest BCUT2D eigenvalue weighted by Gasteiger charge is 2.09. The molecule has 1 aromatic rings. The maximum absolute atomic E-state index is 6.85. The Hall–Kier alpha value is -0.520. The van der Waals surface area contributed by atoms with Crippen LogP contribution >= 0.6 is 27.5 Å². The summed E-state index contributed by atoms with van der Waals surface area (Å²) in [5.74, 6) is 0. The molecule has 0 aliphatic carbocycles. The highest BCUT2D eigenvalue weighted by Crippen LogP contribution is 2.25. The highest BCUT2D eigenvalue weighted by molar-refractivity contribution is 9.10. The van der Waals surface area contributed by atoms with Gasteiger partial charge < -0.3 is 4.85 Å². The molecule has 0 bridgehead atoms. The summed E-state index contributed by atoms with van der Waals surface area (Å²) >= 11 is 9.14. The van der Waals surface area contributed by atoms with Crippen molar-refractivity contribution in [3.63, 3.8) is 0 Å². The molecule has 0 aliphatic rings. The molecule has 1 rings (SSSR count). The fourth-order valence-corrected chi connectivity index (χ4v) is 1.78. The lowest BCUT2D eigenvalue weighted by Crippen LogP contribution is -1.86. The molecule has 0 spiro atoms. The smallest absolute Gasteiger partial charge is 0.246 e. The number of halogens is 2. The van der Waals surface area contributed by atoms with Gasteiger partial charge in [-0.15, -0.1) is 0 Å². The number of nitrogens with zero attached hydrogens (tertiary/aromatic N) is 1. The Bertz CT molecular complexity index is 310. The first-order valence-corrected chi connectivity index (χ1v) is 4.63. The third-order valence-electron chi connectivity index (χ3n) is 1.56. The molecule has 1 unspecified atom stereocenters. The van der Waals surface area contributed by atoms with Crippen molar-refractivity contribution in [3.05, 3.63) is 44.7 Å². The average Bonchev–Trinajstić information content (AvgIpc) is 2.01. The van der Waals surface area contributed by atoms with Gasteiger partial charge >= 0.3 is 0 Å². The highest BCUT2D eigenvalue weighted by atomic mass is 79.9. The Morgan fingerprint density at radius 2 is 2.17 bits per heavy atom. The molecule has 0 N–H and O–H groups in total. The molecule has 0 aliphatic heterocycles. The first-order valence-electron chi connectivity index (χ1n) is 3.46. The second kappa shape index (κ2) is 3.93. The van der Waals surface area contributed by atoms with Gasteiger partial charge in [-0.2, -0.15) is 0 Å². The average molecular weight is 245 g/mol. The third-order valence-corrected chi connectivity index (χ3v) is 2.24. The van der Waals surface area contributed by atoms with Gasteiger partial charge in [0.05, 0.1) is 0 Å². The summed E-state index contributed by atoms with van der Waals surface area (Å²) in [7, 11) is 0. The maximum atomic E-state index is 6.85. The number of hydrogen-bond donors (Lipinski definition) is 0. The number of rotatable bonds is 1. The van der Waals surface area contributed by atoms with Crippen molar-refractivity contribution >= 4 is 27.5 Å². The van der Waals surface area contributed by atoms with Crippen molar-refractivity contribution in [2.45, 2.75) is 13.0 Å². The molecular formula is C9H7BrClN. The lowest BCUT2D eigenvalue weighted by atomic mass is 10.1. The molecule has 0 aromatic heterocycles. The van der Waals surface area contributed by atoms with Gasteiger partial charge in [-0.25, -0.2) is 6.57 Å². The zero-order chi connectivity index (χ0) is 9.14. The zero-order valence-electron chi connectivity index (χ0n) is 6.51. The van der Waals surface area contributed by atoms with E-state index in [1.54, 1.807) is 0 Å². The lowest BCUT2D eigenvalue weighted by Gasteiger charge is -2.00. The molecule has 3 heteroatoms. The van der Waals surface area contributed by atoms with E-state index in [4.69, 9.17) is 18.2 Å². The standard InChI is InChI=1S/C9H7BrClN/c1-6(12-2)7-3-8(10)5-9(11)4-7/h3-6H,1H3. The van der Waals surface area contributed by atoms with E-state index in [1.807, 2.05) is 25.1 Å². The van der Waals surface area contributed by atoms with Gasteiger partial charge in [-0.1, -0.05) is 27.5 Å². The molecule has 1 atom stereocenters. The Kier molecular flexibility index (Phi) is 3.13. The van der Waals surface area contributed by atoms with E-state index in [9.17, 15) is 0 Å². The summed E-state index contributed by atoms with van der Waals surface area (Å²) in [6.07, 6.45) is 0.